The first-order valence-corrected chi connectivity index (χ1v) is 7.73. The minimum absolute atomic E-state index is 0.470. The highest BCUT2D eigenvalue weighted by molar-refractivity contribution is 7.92. The molecule has 0 unspecified atom stereocenters. The molecule has 0 aliphatic carbocycles. The van der Waals surface area contributed by atoms with Crippen molar-refractivity contribution in [1.82, 2.24) is 10.2 Å². The Morgan fingerprint density at radius 2 is 1.81 bits per heavy atom. The van der Waals surface area contributed by atoms with Crippen LogP contribution in [0.15, 0.2) is 0 Å². The first-order chi connectivity index (χ1) is 7.22. The molecule has 0 saturated carbocycles. The average Bonchev–Trinajstić information content (AvgIpc) is 2.15. The lowest BCUT2D eigenvalue weighted by molar-refractivity contribution is 0.232. The molecule has 1 saturated heterocycles. The van der Waals surface area contributed by atoms with Gasteiger partial charge in [-0.2, -0.15) is 0 Å². The zero-order valence-corrected chi connectivity index (χ0v) is 11.6. The van der Waals surface area contributed by atoms with Gasteiger partial charge in [0.2, 0.25) is 0 Å². The smallest absolute Gasteiger partial charge is 0.153 e. The second kappa shape index (κ2) is 5.02. The number of nitrogens with zero attached hydrogens (tertiary/aromatic N) is 1. The van der Waals surface area contributed by atoms with Crippen molar-refractivity contribution in [2.24, 2.45) is 0 Å². The third-order valence-corrected chi connectivity index (χ3v) is 5.69. The van der Waals surface area contributed by atoms with Gasteiger partial charge in [-0.25, -0.2) is 8.42 Å². The van der Waals surface area contributed by atoms with Crippen molar-refractivity contribution in [3.05, 3.63) is 0 Å². The van der Waals surface area contributed by atoms with Gasteiger partial charge in [-0.3, -0.25) is 0 Å². The fourth-order valence-corrected chi connectivity index (χ4v) is 2.08. The molecule has 1 N–H and O–H groups in total. The lowest BCUT2D eigenvalue weighted by atomic mass is 10.0. The largest absolute Gasteiger partial charge is 0.312 e. The molecule has 1 aliphatic heterocycles. The van der Waals surface area contributed by atoms with Crippen LogP contribution in [-0.4, -0.2) is 57.0 Å². The van der Waals surface area contributed by atoms with Gasteiger partial charge in [-0.15, -0.1) is 0 Å². The minimum Gasteiger partial charge on any atom is -0.312 e. The van der Waals surface area contributed by atoms with Crippen LogP contribution in [0.3, 0.4) is 0 Å². The maximum atomic E-state index is 11.5. The number of sulfone groups is 1. The monoisotopic (exact) mass is 248 g/mol. The molecule has 0 amide bonds. The van der Waals surface area contributed by atoms with Crippen molar-refractivity contribution in [2.45, 2.75) is 37.5 Å². The van der Waals surface area contributed by atoms with Gasteiger partial charge in [0.15, 0.2) is 9.84 Å². The summed E-state index contributed by atoms with van der Waals surface area (Å²) in [4.78, 5) is 2.31. The Morgan fingerprint density at radius 1 is 1.31 bits per heavy atom. The Morgan fingerprint density at radius 3 is 2.25 bits per heavy atom. The number of hydrogen-bond acceptors (Lipinski definition) is 4. The van der Waals surface area contributed by atoms with Gasteiger partial charge in [0.25, 0.3) is 0 Å². The number of hydrogen-bond donors (Lipinski definition) is 1. The van der Waals surface area contributed by atoms with E-state index in [1.54, 1.807) is 13.8 Å². The van der Waals surface area contributed by atoms with E-state index in [0.717, 1.165) is 25.9 Å². The number of rotatable bonds is 4. The molecule has 0 aromatic carbocycles. The summed E-state index contributed by atoms with van der Waals surface area (Å²) in [5, 5.41) is 3.38. The second-order valence-electron chi connectivity index (χ2n) is 5.49. The predicted octanol–water partition coefficient (Wildman–Crippen LogP) is 0.493. The zero-order valence-electron chi connectivity index (χ0n) is 10.8. The van der Waals surface area contributed by atoms with Crippen molar-refractivity contribution in [3.8, 4) is 0 Å². The molecule has 0 bridgehead atoms. The molecule has 1 aliphatic rings. The summed E-state index contributed by atoms with van der Waals surface area (Å²) in [6.45, 7) is 6.29. The Kier molecular flexibility index (Phi) is 4.37. The SMILES string of the molecule is CN1CCC(NCC(C)(C)S(C)(=O)=O)CC1. The number of nitrogens with one attached hydrogen (secondary N) is 1. The van der Waals surface area contributed by atoms with E-state index in [9.17, 15) is 8.42 Å². The molecule has 96 valence electrons. The van der Waals surface area contributed by atoms with Crippen LogP contribution in [-0.2, 0) is 9.84 Å². The summed E-state index contributed by atoms with van der Waals surface area (Å²) in [6.07, 6.45) is 3.52. The van der Waals surface area contributed by atoms with Crippen LogP contribution in [0.2, 0.25) is 0 Å². The molecular formula is C11H24N2O2S. The van der Waals surface area contributed by atoms with Crippen LogP contribution in [0.25, 0.3) is 0 Å². The summed E-state index contributed by atoms with van der Waals surface area (Å²) in [6, 6.07) is 0.470. The highest BCUT2D eigenvalue weighted by Crippen LogP contribution is 2.15. The van der Waals surface area contributed by atoms with E-state index in [1.807, 2.05) is 0 Å². The topological polar surface area (TPSA) is 49.4 Å². The number of likely N-dealkylation sites (tertiary alicyclic amines) is 1. The van der Waals surface area contributed by atoms with E-state index in [0.29, 0.717) is 12.6 Å². The van der Waals surface area contributed by atoms with Gasteiger partial charge in [0.1, 0.15) is 0 Å². The van der Waals surface area contributed by atoms with Crippen LogP contribution < -0.4 is 5.32 Å². The summed E-state index contributed by atoms with van der Waals surface area (Å²) in [5.41, 5.74) is 0. The first kappa shape index (κ1) is 13.9. The van der Waals surface area contributed by atoms with Crippen LogP contribution in [0.5, 0.6) is 0 Å². The molecule has 0 aromatic heterocycles. The standard InChI is InChI=1S/C11H24N2O2S/c1-11(2,16(4,14)15)9-12-10-5-7-13(3)8-6-10/h10,12H,5-9H2,1-4H3. The summed E-state index contributed by atoms with van der Waals surface area (Å²) in [5.74, 6) is 0. The summed E-state index contributed by atoms with van der Waals surface area (Å²) in [7, 11) is -0.865. The van der Waals surface area contributed by atoms with E-state index in [4.69, 9.17) is 0 Å². The van der Waals surface area contributed by atoms with Gasteiger partial charge in [-0.05, 0) is 46.8 Å². The lowest BCUT2D eigenvalue weighted by Gasteiger charge is -2.32. The van der Waals surface area contributed by atoms with Gasteiger partial charge in [0.05, 0.1) is 4.75 Å². The maximum absolute atomic E-state index is 11.5. The van der Waals surface area contributed by atoms with E-state index in [1.165, 1.54) is 6.26 Å². The minimum atomic E-state index is -2.99. The van der Waals surface area contributed by atoms with Gasteiger partial charge < -0.3 is 10.2 Å². The van der Waals surface area contributed by atoms with Crippen molar-refractivity contribution in [3.63, 3.8) is 0 Å². The third-order valence-electron chi connectivity index (χ3n) is 3.54. The Bertz CT molecular complexity index is 317. The third kappa shape index (κ3) is 3.71. The van der Waals surface area contributed by atoms with Crippen molar-refractivity contribution in [2.75, 3.05) is 32.9 Å². The molecule has 4 nitrogen and oxygen atoms in total. The predicted molar refractivity (Wildman–Crippen MR) is 67.4 cm³/mol. The van der Waals surface area contributed by atoms with Gasteiger partial charge >= 0.3 is 0 Å². The van der Waals surface area contributed by atoms with E-state index < -0.39 is 14.6 Å². The maximum Gasteiger partial charge on any atom is 0.153 e. The van der Waals surface area contributed by atoms with Gasteiger partial charge in [0, 0.05) is 18.8 Å². The lowest BCUT2D eigenvalue weighted by Crippen LogP contribution is -2.48. The molecule has 0 spiro atoms. The van der Waals surface area contributed by atoms with Crippen molar-refractivity contribution in [1.29, 1.82) is 0 Å². The van der Waals surface area contributed by atoms with Crippen molar-refractivity contribution < 1.29 is 8.42 Å². The normalized spacial score (nSPS) is 21.2. The second-order valence-corrected chi connectivity index (χ2v) is 8.14. The summed E-state index contributed by atoms with van der Waals surface area (Å²) >= 11 is 0. The summed E-state index contributed by atoms with van der Waals surface area (Å²) < 4.78 is 22.4. The first-order valence-electron chi connectivity index (χ1n) is 5.84. The van der Waals surface area contributed by atoms with E-state index in [-0.39, 0.29) is 0 Å². The molecular weight excluding hydrogens is 224 g/mol. The quantitative estimate of drug-likeness (QED) is 0.787. The van der Waals surface area contributed by atoms with Crippen LogP contribution in [0.1, 0.15) is 26.7 Å². The molecule has 1 rings (SSSR count). The fraction of sp³-hybridized carbons (Fsp3) is 1.00. The Labute approximate surface area is 99.3 Å². The van der Waals surface area contributed by atoms with Crippen LogP contribution >= 0.6 is 0 Å². The molecule has 16 heavy (non-hydrogen) atoms. The molecule has 0 atom stereocenters. The van der Waals surface area contributed by atoms with Crippen molar-refractivity contribution >= 4 is 9.84 Å². The average molecular weight is 248 g/mol. The Balaban J connectivity index is 2.40. The highest BCUT2D eigenvalue weighted by atomic mass is 32.2. The molecule has 1 heterocycles. The fourth-order valence-electron chi connectivity index (χ4n) is 1.73. The Hall–Kier alpha value is -0.130. The molecule has 5 heteroatoms. The highest BCUT2D eigenvalue weighted by Gasteiger charge is 2.30. The molecule has 0 radical (unpaired) electrons. The van der Waals surface area contributed by atoms with E-state index >= 15 is 0 Å². The van der Waals surface area contributed by atoms with Gasteiger partial charge in [-0.1, -0.05) is 0 Å². The zero-order chi connectivity index (χ0) is 12.4. The number of piperidine rings is 1. The van der Waals surface area contributed by atoms with E-state index in [2.05, 4.69) is 17.3 Å². The van der Waals surface area contributed by atoms with Crippen LogP contribution in [0, 0.1) is 0 Å². The molecule has 1 fully saturated rings. The van der Waals surface area contributed by atoms with Crippen LogP contribution in [0.4, 0.5) is 0 Å². The molecule has 0 aromatic rings.